The molecule has 0 saturated carbocycles. The predicted molar refractivity (Wildman–Crippen MR) is 86.8 cm³/mol. The Labute approximate surface area is 132 Å². The van der Waals surface area contributed by atoms with Gasteiger partial charge in [-0.2, -0.15) is 0 Å². The fraction of sp³-hybridized carbons (Fsp3) is 0.562. The summed E-state index contributed by atoms with van der Waals surface area (Å²) in [4.78, 5) is 14.9. The summed E-state index contributed by atoms with van der Waals surface area (Å²) in [5.41, 5.74) is 0.503. The molecule has 1 heterocycles. The van der Waals surface area contributed by atoms with Crippen LogP contribution in [0.3, 0.4) is 0 Å². The van der Waals surface area contributed by atoms with Gasteiger partial charge in [0.1, 0.15) is 0 Å². The van der Waals surface area contributed by atoms with E-state index in [0.29, 0.717) is 5.56 Å². The van der Waals surface area contributed by atoms with Gasteiger partial charge in [0.25, 0.3) is 5.91 Å². The zero-order valence-corrected chi connectivity index (χ0v) is 14.0. The molecule has 0 radical (unpaired) electrons. The molecular weight excluding hydrogens is 300 g/mol. The molecule has 0 atom stereocenters. The largest absolute Gasteiger partial charge is 0.349 e. The second-order valence-electron chi connectivity index (χ2n) is 5.89. The molecule has 1 aromatic rings. The maximum atomic E-state index is 12.2. The molecule has 0 unspecified atom stereocenters. The van der Waals surface area contributed by atoms with Gasteiger partial charge in [0.2, 0.25) is 0 Å². The number of sulfone groups is 1. The molecule has 1 N–H and O–H groups in total. The van der Waals surface area contributed by atoms with Gasteiger partial charge in [0.05, 0.1) is 4.90 Å². The summed E-state index contributed by atoms with van der Waals surface area (Å²) in [6, 6.07) is 6.30. The van der Waals surface area contributed by atoms with E-state index in [1.165, 1.54) is 12.1 Å². The van der Waals surface area contributed by atoms with Crippen LogP contribution < -0.4 is 5.32 Å². The maximum absolute atomic E-state index is 12.2. The number of piperidine rings is 1. The summed E-state index contributed by atoms with van der Waals surface area (Å²) in [5.74, 6) is -0.131. The lowest BCUT2D eigenvalue weighted by Crippen LogP contribution is -2.44. The van der Waals surface area contributed by atoms with Gasteiger partial charge in [-0.3, -0.25) is 4.79 Å². The molecular formula is C16H24N2O3S. The van der Waals surface area contributed by atoms with Gasteiger partial charge in [-0.25, -0.2) is 8.42 Å². The summed E-state index contributed by atoms with van der Waals surface area (Å²) < 4.78 is 22.8. The third kappa shape index (κ3) is 4.55. The number of amides is 1. The van der Waals surface area contributed by atoms with Crippen molar-refractivity contribution in [2.45, 2.75) is 37.1 Å². The molecule has 0 aliphatic carbocycles. The van der Waals surface area contributed by atoms with Crippen molar-refractivity contribution in [3.05, 3.63) is 29.8 Å². The van der Waals surface area contributed by atoms with Crippen LogP contribution in [0.2, 0.25) is 0 Å². The smallest absolute Gasteiger partial charge is 0.251 e. The number of carbonyl (C=O) groups is 1. The minimum atomic E-state index is -3.22. The Morgan fingerprint density at radius 2 is 1.82 bits per heavy atom. The Hall–Kier alpha value is -1.40. The second kappa shape index (κ2) is 7.24. The van der Waals surface area contributed by atoms with E-state index in [4.69, 9.17) is 0 Å². The van der Waals surface area contributed by atoms with E-state index in [0.717, 1.165) is 45.2 Å². The van der Waals surface area contributed by atoms with Gasteiger partial charge in [0, 0.05) is 31.0 Å². The molecule has 1 aliphatic heterocycles. The van der Waals surface area contributed by atoms with Crippen molar-refractivity contribution >= 4 is 15.7 Å². The van der Waals surface area contributed by atoms with Crippen molar-refractivity contribution in [1.82, 2.24) is 10.2 Å². The minimum absolute atomic E-state index is 0.131. The van der Waals surface area contributed by atoms with Crippen molar-refractivity contribution in [1.29, 1.82) is 0 Å². The summed E-state index contributed by atoms with van der Waals surface area (Å²) in [7, 11) is -3.22. The van der Waals surface area contributed by atoms with E-state index in [1.54, 1.807) is 12.1 Å². The van der Waals surface area contributed by atoms with Crippen LogP contribution in [0, 0.1) is 0 Å². The Bertz CT molecular complexity index is 603. The molecule has 0 aromatic heterocycles. The van der Waals surface area contributed by atoms with Crippen molar-refractivity contribution in [3.63, 3.8) is 0 Å². The number of nitrogens with one attached hydrogen (secondary N) is 1. The van der Waals surface area contributed by atoms with Gasteiger partial charge < -0.3 is 10.2 Å². The first-order valence-electron chi connectivity index (χ1n) is 7.73. The highest BCUT2D eigenvalue weighted by molar-refractivity contribution is 7.90. The Kier molecular flexibility index (Phi) is 5.58. The molecule has 1 saturated heterocycles. The van der Waals surface area contributed by atoms with E-state index < -0.39 is 9.84 Å². The van der Waals surface area contributed by atoms with Crippen molar-refractivity contribution < 1.29 is 13.2 Å². The number of nitrogens with zero attached hydrogens (tertiary/aromatic N) is 1. The van der Waals surface area contributed by atoms with Crippen LogP contribution in [0.25, 0.3) is 0 Å². The first-order valence-corrected chi connectivity index (χ1v) is 9.62. The number of hydrogen-bond donors (Lipinski definition) is 1. The predicted octanol–water partition coefficient (Wildman–Crippen LogP) is 1.69. The maximum Gasteiger partial charge on any atom is 0.251 e. The molecule has 22 heavy (non-hydrogen) atoms. The fourth-order valence-corrected chi connectivity index (χ4v) is 3.37. The quantitative estimate of drug-likeness (QED) is 0.895. The first-order chi connectivity index (χ1) is 10.4. The summed E-state index contributed by atoms with van der Waals surface area (Å²) >= 11 is 0. The molecule has 1 aliphatic rings. The highest BCUT2D eigenvalue weighted by Crippen LogP contribution is 2.13. The third-order valence-corrected chi connectivity index (χ3v) is 5.14. The second-order valence-corrected chi connectivity index (χ2v) is 7.90. The Morgan fingerprint density at radius 1 is 1.23 bits per heavy atom. The van der Waals surface area contributed by atoms with Gasteiger partial charge in [-0.05, 0) is 50.1 Å². The zero-order chi connectivity index (χ0) is 16.2. The zero-order valence-electron chi connectivity index (χ0n) is 13.2. The van der Waals surface area contributed by atoms with Crippen LogP contribution in [0.5, 0.6) is 0 Å². The van der Waals surface area contributed by atoms with E-state index in [2.05, 4.69) is 17.1 Å². The van der Waals surface area contributed by atoms with E-state index in [1.807, 2.05) is 0 Å². The molecule has 0 spiro atoms. The molecule has 1 amide bonds. The highest BCUT2D eigenvalue weighted by Gasteiger charge is 2.20. The molecule has 0 bridgehead atoms. The normalized spacial score (nSPS) is 17.4. The summed E-state index contributed by atoms with van der Waals surface area (Å²) in [6.07, 6.45) is 4.25. The Balaban J connectivity index is 1.90. The number of carbonyl (C=O) groups excluding carboxylic acids is 1. The molecule has 1 aromatic carbocycles. The number of benzene rings is 1. The van der Waals surface area contributed by atoms with Crippen molar-refractivity contribution in [2.24, 2.45) is 0 Å². The van der Waals surface area contributed by atoms with Crippen LogP contribution in [0.15, 0.2) is 29.2 Å². The molecule has 2 rings (SSSR count). The number of hydrogen-bond acceptors (Lipinski definition) is 4. The van der Waals surface area contributed by atoms with Crippen LogP contribution >= 0.6 is 0 Å². The first kappa shape index (κ1) is 17.0. The lowest BCUT2D eigenvalue weighted by molar-refractivity contribution is 0.0911. The molecule has 1 fully saturated rings. The van der Waals surface area contributed by atoms with Gasteiger partial charge >= 0.3 is 0 Å². The fourth-order valence-electron chi connectivity index (χ4n) is 2.74. The SMILES string of the molecule is CCCN1CCC(NC(=O)c2ccc(S(C)(=O)=O)cc2)CC1. The minimum Gasteiger partial charge on any atom is -0.349 e. The highest BCUT2D eigenvalue weighted by atomic mass is 32.2. The topological polar surface area (TPSA) is 66.5 Å². The number of rotatable bonds is 5. The van der Waals surface area contributed by atoms with Crippen LogP contribution in [-0.4, -0.2) is 51.2 Å². The summed E-state index contributed by atoms with van der Waals surface area (Å²) in [6.45, 7) is 5.33. The standard InChI is InChI=1S/C16H24N2O3S/c1-3-10-18-11-8-14(9-12-18)17-16(19)13-4-6-15(7-5-13)22(2,20)21/h4-7,14H,3,8-12H2,1-2H3,(H,17,19). The summed E-state index contributed by atoms with van der Waals surface area (Å²) in [5, 5.41) is 3.04. The van der Waals surface area contributed by atoms with E-state index >= 15 is 0 Å². The van der Waals surface area contributed by atoms with Crippen molar-refractivity contribution in [2.75, 3.05) is 25.9 Å². The van der Waals surface area contributed by atoms with Crippen LogP contribution in [0.4, 0.5) is 0 Å². The molecule has 122 valence electrons. The number of likely N-dealkylation sites (tertiary alicyclic amines) is 1. The van der Waals surface area contributed by atoms with Gasteiger partial charge in [-0.1, -0.05) is 6.92 Å². The lowest BCUT2D eigenvalue weighted by Gasteiger charge is -2.32. The average molecular weight is 324 g/mol. The molecule has 5 nitrogen and oxygen atoms in total. The monoisotopic (exact) mass is 324 g/mol. The van der Waals surface area contributed by atoms with E-state index in [9.17, 15) is 13.2 Å². The van der Waals surface area contributed by atoms with Gasteiger partial charge in [0.15, 0.2) is 9.84 Å². The third-order valence-electron chi connectivity index (χ3n) is 4.01. The van der Waals surface area contributed by atoms with E-state index in [-0.39, 0.29) is 16.8 Å². The van der Waals surface area contributed by atoms with Crippen molar-refractivity contribution in [3.8, 4) is 0 Å². The Morgan fingerprint density at radius 3 is 2.32 bits per heavy atom. The lowest BCUT2D eigenvalue weighted by atomic mass is 10.0. The van der Waals surface area contributed by atoms with Gasteiger partial charge in [-0.15, -0.1) is 0 Å². The average Bonchev–Trinajstić information content (AvgIpc) is 2.49. The molecule has 6 heteroatoms. The van der Waals surface area contributed by atoms with Crippen LogP contribution in [-0.2, 0) is 9.84 Å². The van der Waals surface area contributed by atoms with Crippen LogP contribution in [0.1, 0.15) is 36.5 Å².